The molecule has 17 heavy (non-hydrogen) atoms. The number of hydrogen-bond donors (Lipinski definition) is 1. The monoisotopic (exact) mass is 255 g/mol. The molecule has 1 unspecified atom stereocenters. The summed E-state index contributed by atoms with van der Waals surface area (Å²) in [5.74, 6) is 0. The molecule has 4 nitrogen and oxygen atoms in total. The number of alkyl halides is 3. The van der Waals surface area contributed by atoms with Crippen LogP contribution in [0, 0.1) is 0 Å². The van der Waals surface area contributed by atoms with Crippen LogP contribution in [-0.4, -0.2) is 29.7 Å². The first-order valence-electron chi connectivity index (χ1n) is 4.91. The van der Waals surface area contributed by atoms with E-state index in [4.69, 9.17) is 4.74 Å². The quantitative estimate of drug-likeness (QED) is 0.788. The zero-order valence-corrected chi connectivity index (χ0v) is 10.1. The highest BCUT2D eigenvalue weighted by atomic mass is 19.4. The Hall–Kier alpha value is -1.27. The maximum absolute atomic E-state index is 12.2. The molecule has 0 aliphatic heterocycles. The Balaban J connectivity index is 4.59. The molecule has 0 radical (unpaired) electrons. The maximum atomic E-state index is 12.2. The van der Waals surface area contributed by atoms with E-state index in [1.54, 1.807) is 20.8 Å². The molecular formula is C10H16F3NO3. The molecule has 1 N–H and O–H groups in total. The van der Waals surface area contributed by atoms with Gasteiger partial charge in [-0.25, -0.2) is 4.79 Å². The van der Waals surface area contributed by atoms with E-state index in [-0.39, 0.29) is 6.29 Å². The number of carbonyl (C=O) groups is 2. The lowest BCUT2D eigenvalue weighted by molar-refractivity contribution is -0.152. The molecule has 0 aromatic rings. The number of rotatable bonds is 3. The van der Waals surface area contributed by atoms with E-state index in [1.807, 2.05) is 5.32 Å². The second-order valence-electron chi connectivity index (χ2n) is 4.95. The van der Waals surface area contributed by atoms with Gasteiger partial charge in [-0.2, -0.15) is 13.2 Å². The number of aldehydes is 1. The van der Waals surface area contributed by atoms with Gasteiger partial charge in [-0.05, 0) is 27.7 Å². The Morgan fingerprint density at radius 2 is 1.71 bits per heavy atom. The molecule has 0 aliphatic carbocycles. The highest BCUT2D eigenvalue weighted by Gasteiger charge is 2.41. The van der Waals surface area contributed by atoms with Gasteiger partial charge in [0.05, 0.1) is 6.42 Å². The van der Waals surface area contributed by atoms with Crippen LogP contribution in [-0.2, 0) is 9.53 Å². The lowest BCUT2D eigenvalue weighted by Crippen LogP contribution is -2.51. The van der Waals surface area contributed by atoms with E-state index in [1.165, 1.54) is 0 Å². The SMILES string of the molecule is CC(C=O)(CC(F)(F)F)NC(=O)OC(C)(C)C. The van der Waals surface area contributed by atoms with E-state index in [0.717, 1.165) is 6.92 Å². The van der Waals surface area contributed by atoms with Gasteiger partial charge in [-0.15, -0.1) is 0 Å². The number of amides is 1. The maximum Gasteiger partial charge on any atom is 0.408 e. The summed E-state index contributed by atoms with van der Waals surface area (Å²) in [5.41, 5.74) is -2.85. The minimum absolute atomic E-state index is 0.0460. The summed E-state index contributed by atoms with van der Waals surface area (Å²) >= 11 is 0. The normalized spacial score (nSPS) is 15.9. The Morgan fingerprint density at radius 3 is 2.00 bits per heavy atom. The van der Waals surface area contributed by atoms with Gasteiger partial charge in [0.2, 0.25) is 0 Å². The Labute approximate surface area is 97.5 Å². The summed E-state index contributed by atoms with van der Waals surface area (Å²) in [4.78, 5) is 21.9. The molecule has 100 valence electrons. The van der Waals surface area contributed by atoms with Crippen molar-refractivity contribution in [2.24, 2.45) is 0 Å². The van der Waals surface area contributed by atoms with Crippen molar-refractivity contribution in [3.05, 3.63) is 0 Å². The van der Waals surface area contributed by atoms with E-state index >= 15 is 0 Å². The van der Waals surface area contributed by atoms with Gasteiger partial charge in [0.1, 0.15) is 17.4 Å². The lowest BCUT2D eigenvalue weighted by atomic mass is 10.00. The van der Waals surface area contributed by atoms with Crippen LogP contribution < -0.4 is 5.32 Å². The van der Waals surface area contributed by atoms with Gasteiger partial charge in [-0.1, -0.05) is 0 Å². The van der Waals surface area contributed by atoms with Crippen LogP contribution in [0.1, 0.15) is 34.1 Å². The van der Waals surface area contributed by atoms with E-state index in [9.17, 15) is 22.8 Å². The van der Waals surface area contributed by atoms with Crippen molar-refractivity contribution in [2.75, 3.05) is 0 Å². The number of nitrogens with one attached hydrogen (secondary N) is 1. The molecular weight excluding hydrogens is 239 g/mol. The standard InChI is InChI=1S/C10H16F3NO3/c1-8(2,3)17-7(16)14-9(4,6-15)5-10(11,12)13/h6H,5H2,1-4H3,(H,14,16). The molecule has 0 saturated carbocycles. The first kappa shape index (κ1) is 15.7. The predicted molar refractivity (Wildman–Crippen MR) is 54.5 cm³/mol. The number of ether oxygens (including phenoxy) is 1. The third-order valence-corrected chi connectivity index (χ3v) is 1.61. The number of hydrogen-bond acceptors (Lipinski definition) is 3. The van der Waals surface area contributed by atoms with Crippen molar-refractivity contribution < 1.29 is 27.5 Å². The van der Waals surface area contributed by atoms with Crippen molar-refractivity contribution in [1.82, 2.24) is 5.32 Å². The zero-order chi connectivity index (χ0) is 13.9. The fourth-order valence-electron chi connectivity index (χ4n) is 1.07. The van der Waals surface area contributed by atoms with Crippen molar-refractivity contribution >= 4 is 12.4 Å². The van der Waals surface area contributed by atoms with Crippen LogP contribution in [0.3, 0.4) is 0 Å². The van der Waals surface area contributed by atoms with E-state index < -0.39 is 29.8 Å². The summed E-state index contributed by atoms with van der Waals surface area (Å²) in [6.45, 7) is 5.68. The molecule has 0 aromatic carbocycles. The van der Waals surface area contributed by atoms with E-state index in [0.29, 0.717) is 0 Å². The minimum atomic E-state index is -4.55. The van der Waals surface area contributed by atoms with Crippen LogP contribution in [0.15, 0.2) is 0 Å². The van der Waals surface area contributed by atoms with E-state index in [2.05, 4.69) is 0 Å². The average molecular weight is 255 g/mol. The molecule has 0 saturated heterocycles. The molecule has 1 atom stereocenters. The largest absolute Gasteiger partial charge is 0.444 e. The van der Waals surface area contributed by atoms with Gasteiger partial charge >= 0.3 is 12.3 Å². The molecule has 1 amide bonds. The van der Waals surface area contributed by atoms with Gasteiger partial charge in [0, 0.05) is 0 Å². The van der Waals surface area contributed by atoms with Crippen molar-refractivity contribution in [1.29, 1.82) is 0 Å². The lowest BCUT2D eigenvalue weighted by Gasteiger charge is -2.28. The van der Waals surface area contributed by atoms with Crippen molar-refractivity contribution in [2.45, 2.75) is 51.4 Å². The molecule has 0 fully saturated rings. The predicted octanol–water partition coefficient (Wildman–Crippen LogP) is 2.42. The van der Waals surface area contributed by atoms with Crippen molar-refractivity contribution in [3.8, 4) is 0 Å². The highest BCUT2D eigenvalue weighted by Crippen LogP contribution is 2.26. The summed E-state index contributed by atoms with van der Waals surface area (Å²) in [7, 11) is 0. The minimum Gasteiger partial charge on any atom is -0.444 e. The molecule has 0 rings (SSSR count). The average Bonchev–Trinajstić information content (AvgIpc) is 1.95. The van der Waals surface area contributed by atoms with Gasteiger partial charge in [-0.3, -0.25) is 0 Å². The fraction of sp³-hybridized carbons (Fsp3) is 0.800. The van der Waals surface area contributed by atoms with Crippen LogP contribution in [0.5, 0.6) is 0 Å². The number of carbonyl (C=O) groups excluding carboxylic acids is 2. The van der Waals surface area contributed by atoms with Crippen LogP contribution in [0.2, 0.25) is 0 Å². The first-order chi connectivity index (χ1) is 7.37. The number of halogens is 3. The third kappa shape index (κ3) is 7.59. The van der Waals surface area contributed by atoms with Gasteiger partial charge in [0.25, 0.3) is 0 Å². The summed E-state index contributed by atoms with van der Waals surface area (Å²) < 4.78 is 41.3. The summed E-state index contributed by atoms with van der Waals surface area (Å²) in [6.07, 6.45) is -7.01. The topological polar surface area (TPSA) is 55.4 Å². The Kier molecular flexibility index (Phi) is 4.56. The highest BCUT2D eigenvalue weighted by molar-refractivity contribution is 5.76. The fourth-order valence-corrected chi connectivity index (χ4v) is 1.07. The van der Waals surface area contributed by atoms with Crippen LogP contribution in [0.4, 0.5) is 18.0 Å². The van der Waals surface area contributed by atoms with Crippen LogP contribution >= 0.6 is 0 Å². The summed E-state index contributed by atoms with van der Waals surface area (Å²) in [5, 5.41) is 1.91. The second kappa shape index (κ2) is 4.93. The van der Waals surface area contributed by atoms with Crippen molar-refractivity contribution in [3.63, 3.8) is 0 Å². The smallest absolute Gasteiger partial charge is 0.408 e. The molecule has 0 aliphatic rings. The zero-order valence-electron chi connectivity index (χ0n) is 10.1. The molecule has 0 bridgehead atoms. The van der Waals surface area contributed by atoms with Crippen LogP contribution in [0.25, 0.3) is 0 Å². The Morgan fingerprint density at radius 1 is 1.24 bits per heavy atom. The molecule has 0 spiro atoms. The number of alkyl carbamates (subject to hydrolysis) is 1. The van der Waals surface area contributed by atoms with Gasteiger partial charge in [0.15, 0.2) is 0 Å². The third-order valence-electron chi connectivity index (χ3n) is 1.61. The Bertz CT molecular complexity index is 296. The molecule has 7 heteroatoms. The molecule has 0 heterocycles. The summed E-state index contributed by atoms with van der Waals surface area (Å²) in [6, 6.07) is 0. The molecule has 0 aromatic heterocycles. The second-order valence-corrected chi connectivity index (χ2v) is 4.95. The van der Waals surface area contributed by atoms with Gasteiger partial charge < -0.3 is 14.8 Å². The first-order valence-corrected chi connectivity index (χ1v) is 4.91.